The Balaban J connectivity index is 2.20. The Morgan fingerprint density at radius 2 is 1.95 bits per heavy atom. The summed E-state index contributed by atoms with van der Waals surface area (Å²) in [5.74, 6) is 0.919. The number of hydrogen-bond donors (Lipinski definition) is 1. The predicted molar refractivity (Wildman–Crippen MR) is 77.5 cm³/mol. The molecule has 1 aromatic heterocycles. The molecule has 1 amide bonds. The van der Waals surface area contributed by atoms with Crippen LogP contribution in [-0.4, -0.2) is 40.7 Å². The summed E-state index contributed by atoms with van der Waals surface area (Å²) in [6.07, 6.45) is 0.809. The van der Waals surface area contributed by atoms with Crippen LogP contribution >= 0.6 is 0 Å². The average Bonchev–Trinajstić information content (AvgIpc) is 2.79. The average molecular weight is 279 g/mol. The van der Waals surface area contributed by atoms with Crippen LogP contribution in [0.4, 0.5) is 0 Å². The lowest BCUT2D eigenvalue weighted by Gasteiger charge is -2.26. The van der Waals surface area contributed by atoms with Gasteiger partial charge < -0.3 is 9.64 Å². The monoisotopic (exact) mass is 279 g/mol. The molecule has 0 fully saturated rings. The molecule has 0 aromatic carbocycles. The maximum Gasteiger partial charge on any atom is 0.274 e. The van der Waals surface area contributed by atoms with Gasteiger partial charge in [-0.1, -0.05) is 27.7 Å². The minimum atomic E-state index is 0.0235. The second-order valence-electron chi connectivity index (χ2n) is 6.33. The number of fused-ring (bicyclic) bond motifs is 1. The number of hydrogen-bond acceptors (Lipinski definition) is 3. The SMILES string of the molecule is CC(C)CN(CC(C)C)C(=O)c1n[nH]c2c1COCC2. The van der Waals surface area contributed by atoms with Crippen molar-refractivity contribution < 1.29 is 9.53 Å². The molecule has 0 bridgehead atoms. The molecule has 5 nitrogen and oxygen atoms in total. The fourth-order valence-corrected chi connectivity index (χ4v) is 2.56. The van der Waals surface area contributed by atoms with E-state index < -0.39 is 0 Å². The number of ether oxygens (including phenoxy) is 1. The molecule has 0 unspecified atom stereocenters. The minimum absolute atomic E-state index is 0.0235. The number of carbonyl (C=O) groups is 1. The van der Waals surface area contributed by atoms with Crippen LogP contribution in [-0.2, 0) is 17.8 Å². The van der Waals surface area contributed by atoms with Crippen molar-refractivity contribution in [2.75, 3.05) is 19.7 Å². The van der Waals surface area contributed by atoms with Crippen LogP contribution in [0.5, 0.6) is 0 Å². The Bertz CT molecular complexity index is 456. The molecule has 1 aliphatic rings. The molecule has 0 spiro atoms. The summed E-state index contributed by atoms with van der Waals surface area (Å²) in [4.78, 5) is 14.7. The van der Waals surface area contributed by atoms with Crippen LogP contribution < -0.4 is 0 Å². The van der Waals surface area contributed by atoms with Crippen molar-refractivity contribution in [1.29, 1.82) is 0 Å². The molecular weight excluding hydrogens is 254 g/mol. The molecule has 5 heteroatoms. The van der Waals surface area contributed by atoms with E-state index in [2.05, 4.69) is 37.9 Å². The molecule has 2 heterocycles. The number of H-pyrrole nitrogens is 1. The van der Waals surface area contributed by atoms with Crippen molar-refractivity contribution in [2.45, 2.75) is 40.7 Å². The lowest BCUT2D eigenvalue weighted by atomic mass is 10.1. The lowest BCUT2D eigenvalue weighted by molar-refractivity contribution is 0.0696. The molecular formula is C15H25N3O2. The van der Waals surface area contributed by atoms with Crippen LogP contribution in [0.2, 0.25) is 0 Å². The van der Waals surface area contributed by atoms with Crippen molar-refractivity contribution in [3.63, 3.8) is 0 Å². The predicted octanol–water partition coefficient (Wildman–Crippen LogP) is 2.24. The second kappa shape index (κ2) is 6.39. The Hall–Kier alpha value is -1.36. The van der Waals surface area contributed by atoms with Gasteiger partial charge in [0.1, 0.15) is 0 Å². The van der Waals surface area contributed by atoms with Crippen molar-refractivity contribution in [3.8, 4) is 0 Å². The highest BCUT2D eigenvalue weighted by molar-refractivity contribution is 5.94. The minimum Gasteiger partial charge on any atom is -0.376 e. The molecule has 1 aromatic rings. The third-order valence-corrected chi connectivity index (χ3v) is 3.36. The van der Waals surface area contributed by atoms with Gasteiger partial charge in [-0.05, 0) is 11.8 Å². The highest BCUT2D eigenvalue weighted by atomic mass is 16.5. The zero-order valence-electron chi connectivity index (χ0n) is 12.9. The Morgan fingerprint density at radius 1 is 1.30 bits per heavy atom. The van der Waals surface area contributed by atoms with Gasteiger partial charge in [-0.2, -0.15) is 5.10 Å². The fraction of sp³-hybridized carbons (Fsp3) is 0.733. The molecule has 0 radical (unpaired) electrons. The molecule has 112 valence electrons. The topological polar surface area (TPSA) is 58.2 Å². The number of rotatable bonds is 5. The molecule has 1 aliphatic heterocycles. The maximum absolute atomic E-state index is 12.7. The zero-order chi connectivity index (χ0) is 14.7. The van der Waals surface area contributed by atoms with Crippen molar-refractivity contribution in [2.24, 2.45) is 11.8 Å². The third kappa shape index (κ3) is 3.39. The molecule has 0 aliphatic carbocycles. The van der Waals surface area contributed by atoms with Crippen LogP contribution in [0.1, 0.15) is 49.4 Å². The number of aromatic nitrogens is 2. The van der Waals surface area contributed by atoms with Crippen molar-refractivity contribution in [3.05, 3.63) is 17.0 Å². The highest BCUT2D eigenvalue weighted by Crippen LogP contribution is 2.20. The summed E-state index contributed by atoms with van der Waals surface area (Å²) in [5, 5.41) is 7.23. The van der Waals surface area contributed by atoms with E-state index in [4.69, 9.17) is 4.74 Å². The van der Waals surface area contributed by atoms with E-state index in [0.717, 1.165) is 30.8 Å². The normalized spacial score (nSPS) is 14.7. The van der Waals surface area contributed by atoms with Gasteiger partial charge >= 0.3 is 0 Å². The largest absolute Gasteiger partial charge is 0.376 e. The van der Waals surface area contributed by atoms with Gasteiger partial charge in [0.15, 0.2) is 5.69 Å². The van der Waals surface area contributed by atoms with Gasteiger partial charge in [0.2, 0.25) is 0 Å². The second-order valence-corrected chi connectivity index (χ2v) is 6.33. The number of nitrogens with one attached hydrogen (secondary N) is 1. The summed E-state index contributed by atoms with van der Waals surface area (Å²) in [7, 11) is 0. The zero-order valence-corrected chi connectivity index (χ0v) is 12.9. The fourth-order valence-electron chi connectivity index (χ4n) is 2.56. The van der Waals surface area contributed by atoms with E-state index in [1.54, 1.807) is 0 Å². The summed E-state index contributed by atoms with van der Waals surface area (Å²) >= 11 is 0. The summed E-state index contributed by atoms with van der Waals surface area (Å²) in [6, 6.07) is 0. The molecule has 2 rings (SSSR count). The number of aromatic amines is 1. The summed E-state index contributed by atoms with van der Waals surface area (Å²) in [5.41, 5.74) is 2.54. The summed E-state index contributed by atoms with van der Waals surface area (Å²) < 4.78 is 5.46. The first-order valence-electron chi connectivity index (χ1n) is 7.42. The number of amides is 1. The van der Waals surface area contributed by atoms with Crippen LogP contribution in [0.3, 0.4) is 0 Å². The van der Waals surface area contributed by atoms with Crippen LogP contribution in [0.15, 0.2) is 0 Å². The van der Waals surface area contributed by atoms with E-state index in [9.17, 15) is 4.79 Å². The van der Waals surface area contributed by atoms with Gasteiger partial charge in [-0.15, -0.1) is 0 Å². The Kier molecular flexibility index (Phi) is 4.81. The summed E-state index contributed by atoms with van der Waals surface area (Å²) in [6.45, 7) is 11.2. The highest BCUT2D eigenvalue weighted by Gasteiger charge is 2.26. The molecule has 0 saturated carbocycles. The van der Waals surface area contributed by atoms with E-state index >= 15 is 0 Å². The van der Waals surface area contributed by atoms with E-state index in [1.165, 1.54) is 0 Å². The van der Waals surface area contributed by atoms with Crippen LogP contribution in [0.25, 0.3) is 0 Å². The first kappa shape index (κ1) is 15.0. The molecule has 0 atom stereocenters. The third-order valence-electron chi connectivity index (χ3n) is 3.36. The van der Waals surface area contributed by atoms with Gasteiger partial charge in [-0.3, -0.25) is 9.89 Å². The first-order valence-corrected chi connectivity index (χ1v) is 7.42. The number of carbonyl (C=O) groups excluding carboxylic acids is 1. The molecule has 20 heavy (non-hydrogen) atoms. The van der Waals surface area contributed by atoms with Gasteiger partial charge in [0.25, 0.3) is 5.91 Å². The van der Waals surface area contributed by atoms with Crippen LogP contribution in [0, 0.1) is 11.8 Å². The lowest BCUT2D eigenvalue weighted by Crippen LogP contribution is -2.37. The quantitative estimate of drug-likeness (QED) is 0.899. The van der Waals surface area contributed by atoms with Crippen molar-refractivity contribution in [1.82, 2.24) is 15.1 Å². The Morgan fingerprint density at radius 3 is 2.55 bits per heavy atom. The van der Waals surface area contributed by atoms with Gasteiger partial charge in [-0.25, -0.2) is 0 Å². The molecule has 1 N–H and O–H groups in total. The standard InChI is InChI=1S/C15H25N3O2/c1-10(2)7-18(8-11(3)4)15(19)14-12-9-20-6-5-13(12)16-17-14/h10-11H,5-9H2,1-4H3,(H,16,17). The smallest absolute Gasteiger partial charge is 0.274 e. The number of nitrogens with zero attached hydrogens (tertiary/aromatic N) is 2. The van der Waals surface area contributed by atoms with E-state index in [0.29, 0.717) is 30.7 Å². The van der Waals surface area contributed by atoms with Gasteiger partial charge in [0.05, 0.1) is 13.2 Å². The van der Waals surface area contributed by atoms with E-state index in [-0.39, 0.29) is 5.91 Å². The van der Waals surface area contributed by atoms with Crippen molar-refractivity contribution >= 4 is 5.91 Å². The van der Waals surface area contributed by atoms with E-state index in [1.807, 2.05) is 4.90 Å². The van der Waals surface area contributed by atoms with Gasteiger partial charge in [0, 0.05) is 30.8 Å². The Labute approximate surface area is 120 Å². The maximum atomic E-state index is 12.7. The molecule has 0 saturated heterocycles. The first-order chi connectivity index (χ1) is 9.49.